The van der Waals surface area contributed by atoms with Crippen LogP contribution in [0.1, 0.15) is 56.6 Å². The van der Waals surface area contributed by atoms with E-state index in [9.17, 15) is 9.90 Å². The van der Waals surface area contributed by atoms with E-state index in [0.29, 0.717) is 40.1 Å². The maximum Gasteiger partial charge on any atom is 0.229 e. The van der Waals surface area contributed by atoms with Crippen molar-refractivity contribution in [1.82, 2.24) is 25.1 Å². The molecule has 10 nitrogen and oxygen atoms in total. The number of aromatic nitrogens is 4. The molecule has 2 fully saturated rings. The van der Waals surface area contributed by atoms with Crippen molar-refractivity contribution in [3.63, 3.8) is 0 Å². The van der Waals surface area contributed by atoms with Crippen molar-refractivity contribution in [3.05, 3.63) is 78.4 Å². The van der Waals surface area contributed by atoms with E-state index in [1.165, 1.54) is 17.2 Å². The summed E-state index contributed by atoms with van der Waals surface area (Å²) in [6, 6.07) is 12.7. The molecule has 3 atom stereocenters. The molecule has 47 heavy (non-hydrogen) atoms. The highest BCUT2D eigenvalue weighted by Crippen LogP contribution is 2.53. The lowest BCUT2D eigenvalue weighted by Crippen LogP contribution is -2.61. The third-order valence-electron chi connectivity index (χ3n) is 9.90. The van der Waals surface area contributed by atoms with Crippen LogP contribution in [0, 0.1) is 5.82 Å². The van der Waals surface area contributed by atoms with Gasteiger partial charge in [-0.1, -0.05) is 43.3 Å². The van der Waals surface area contributed by atoms with Gasteiger partial charge in [0.1, 0.15) is 5.82 Å². The molecule has 1 aliphatic carbocycles. The zero-order chi connectivity index (χ0) is 32.8. The molecule has 7 rings (SSSR count). The first kappa shape index (κ1) is 31.3. The fraction of sp³-hybridized carbons (Fsp3) is 0.429. The number of amides is 1. The molecule has 12 heteroatoms. The highest BCUT2D eigenvalue weighted by molar-refractivity contribution is 6.45. The number of benzene rings is 2. The van der Waals surface area contributed by atoms with E-state index < -0.39 is 11.4 Å². The third-order valence-corrected chi connectivity index (χ3v) is 11.7. The average Bonchev–Trinajstić information content (AvgIpc) is 3.55. The van der Waals surface area contributed by atoms with Crippen molar-refractivity contribution >= 4 is 49.5 Å². The van der Waals surface area contributed by atoms with Gasteiger partial charge in [0.2, 0.25) is 11.9 Å². The Morgan fingerprint density at radius 3 is 2.74 bits per heavy atom. The minimum absolute atomic E-state index is 0.0688. The Bertz CT molecular complexity index is 1810. The number of rotatable bonds is 10. The normalized spacial score (nSPS) is 24.1. The average molecular weight is 653 g/mol. The van der Waals surface area contributed by atoms with Crippen molar-refractivity contribution in [2.45, 2.75) is 81.3 Å². The topological polar surface area (TPSA) is 120 Å². The van der Waals surface area contributed by atoms with Crippen LogP contribution in [0.15, 0.2) is 61.4 Å². The van der Waals surface area contributed by atoms with E-state index in [0.717, 1.165) is 49.6 Å². The van der Waals surface area contributed by atoms with E-state index in [1.807, 2.05) is 19.9 Å². The number of fused-ring (bicyclic) bond motifs is 2. The summed E-state index contributed by atoms with van der Waals surface area (Å²) in [6.45, 7) is 9.59. The zero-order valence-electron chi connectivity index (χ0n) is 26.9. The molecule has 1 amide bonds. The molecule has 244 valence electrons. The van der Waals surface area contributed by atoms with Crippen LogP contribution in [0.25, 0.3) is 10.9 Å². The summed E-state index contributed by atoms with van der Waals surface area (Å²) in [5.74, 6) is 0.455. The largest absolute Gasteiger partial charge is 0.389 e. The molecule has 0 saturated carbocycles. The standard InChI is InChI=1S/C35H41FN8O2Si/c1-4-13-44-28-18-27(26(36)17-23(28)20-38-44)40-33-37-21-29(43-14-10-24(11-15-43)39-30(45)5-2)32(41-33)42-35(12-16-47-35)31-25-9-7-6-8-22(25)19-34(31,3)46/h4,6-9,17-18,20-21,24,31,46H,1,5,10-16,19H2,2-3H3,(H,39,45)(H2,37,40,41,42)/t31?,34-,35?/m1/s1. The second-order valence-corrected chi connectivity index (χ2v) is 14.9. The summed E-state index contributed by atoms with van der Waals surface area (Å²) in [5.41, 5.74) is 3.34. The quantitative estimate of drug-likeness (QED) is 0.138. The number of allylic oxidation sites excluding steroid dienone is 1. The van der Waals surface area contributed by atoms with Crippen molar-refractivity contribution < 1.29 is 14.3 Å². The second-order valence-electron chi connectivity index (χ2n) is 13.2. The van der Waals surface area contributed by atoms with Crippen molar-refractivity contribution in [2.24, 2.45) is 0 Å². The number of carbonyl (C=O) groups is 1. The first-order valence-corrected chi connectivity index (χ1v) is 17.7. The molecule has 4 N–H and O–H groups in total. The Labute approximate surface area is 276 Å². The molecule has 3 aliphatic rings. The van der Waals surface area contributed by atoms with Crippen molar-refractivity contribution in [3.8, 4) is 0 Å². The molecular weight excluding hydrogens is 612 g/mol. The Morgan fingerprint density at radius 2 is 2.02 bits per heavy atom. The van der Waals surface area contributed by atoms with Gasteiger partial charge in [-0.3, -0.25) is 9.48 Å². The van der Waals surface area contributed by atoms with Gasteiger partial charge in [0.15, 0.2) is 5.82 Å². The molecule has 2 aliphatic heterocycles. The van der Waals surface area contributed by atoms with Gasteiger partial charge in [-0.2, -0.15) is 10.1 Å². The van der Waals surface area contributed by atoms with E-state index in [4.69, 9.17) is 4.98 Å². The van der Waals surface area contributed by atoms with Gasteiger partial charge in [-0.05, 0) is 49.4 Å². The first-order valence-electron chi connectivity index (χ1n) is 16.5. The van der Waals surface area contributed by atoms with Crippen molar-refractivity contribution in [2.75, 3.05) is 28.6 Å². The molecule has 2 unspecified atom stereocenters. The summed E-state index contributed by atoms with van der Waals surface area (Å²) in [5, 5.41) is 26.6. The number of carbonyl (C=O) groups excluding carboxylic acids is 1. The minimum Gasteiger partial charge on any atom is -0.389 e. The molecule has 4 aromatic rings. The van der Waals surface area contributed by atoms with E-state index in [-0.39, 0.29) is 34.7 Å². The minimum atomic E-state index is -0.916. The number of aliphatic hydroxyl groups is 1. The van der Waals surface area contributed by atoms with Crippen LogP contribution in [0.2, 0.25) is 6.04 Å². The molecule has 0 bridgehead atoms. The van der Waals surface area contributed by atoms with E-state index in [1.54, 1.807) is 29.2 Å². The van der Waals surface area contributed by atoms with Crippen LogP contribution in [-0.4, -0.2) is 70.2 Å². The van der Waals surface area contributed by atoms with E-state index in [2.05, 4.69) is 55.7 Å². The van der Waals surface area contributed by atoms with Crippen LogP contribution >= 0.6 is 0 Å². The van der Waals surface area contributed by atoms with Crippen LogP contribution in [0.3, 0.4) is 0 Å². The smallest absolute Gasteiger partial charge is 0.229 e. The number of nitrogens with one attached hydrogen (secondary N) is 3. The number of halogens is 1. The maximum absolute atomic E-state index is 15.3. The Morgan fingerprint density at radius 1 is 1.23 bits per heavy atom. The fourth-order valence-corrected chi connectivity index (χ4v) is 9.23. The van der Waals surface area contributed by atoms with Crippen LogP contribution < -0.4 is 20.9 Å². The van der Waals surface area contributed by atoms with Crippen LogP contribution in [0.5, 0.6) is 0 Å². The second kappa shape index (κ2) is 12.4. The Balaban J connectivity index is 1.24. The lowest BCUT2D eigenvalue weighted by atomic mass is 9.80. The fourth-order valence-electron chi connectivity index (χ4n) is 7.56. The van der Waals surface area contributed by atoms with Crippen molar-refractivity contribution in [1.29, 1.82) is 0 Å². The molecule has 2 aromatic carbocycles. The lowest BCUT2D eigenvalue weighted by molar-refractivity contribution is -0.121. The van der Waals surface area contributed by atoms with Crippen LogP contribution in [0.4, 0.5) is 27.5 Å². The number of hydrogen-bond acceptors (Lipinski definition) is 8. The van der Waals surface area contributed by atoms with Gasteiger partial charge in [-0.25, -0.2) is 9.37 Å². The monoisotopic (exact) mass is 652 g/mol. The number of hydrogen-bond donors (Lipinski definition) is 4. The van der Waals surface area contributed by atoms with Gasteiger partial charge >= 0.3 is 0 Å². The number of piperidine rings is 1. The van der Waals surface area contributed by atoms with Gasteiger partial charge in [-0.15, -0.1) is 6.58 Å². The summed E-state index contributed by atoms with van der Waals surface area (Å²) in [4.78, 5) is 24.0. The highest BCUT2D eigenvalue weighted by atomic mass is 28.2. The summed E-state index contributed by atoms with van der Waals surface area (Å²) in [6.07, 6.45) is 8.79. The van der Waals surface area contributed by atoms with Gasteiger partial charge in [0.25, 0.3) is 0 Å². The Hall–Kier alpha value is -4.29. The van der Waals surface area contributed by atoms with Crippen LogP contribution in [-0.2, 0) is 17.8 Å². The number of anilines is 4. The predicted molar refractivity (Wildman–Crippen MR) is 184 cm³/mol. The summed E-state index contributed by atoms with van der Waals surface area (Å²) in [7, 11) is 0.582. The lowest BCUT2D eigenvalue weighted by Gasteiger charge is -2.51. The Kier molecular flexibility index (Phi) is 8.25. The maximum atomic E-state index is 15.3. The summed E-state index contributed by atoms with van der Waals surface area (Å²) < 4.78 is 17.1. The first-order chi connectivity index (χ1) is 22.7. The number of nitrogens with zero attached hydrogens (tertiary/aromatic N) is 5. The molecule has 2 aromatic heterocycles. The van der Waals surface area contributed by atoms with Gasteiger partial charge in [0, 0.05) is 48.4 Å². The third kappa shape index (κ3) is 5.88. The predicted octanol–water partition coefficient (Wildman–Crippen LogP) is 5.12. The van der Waals surface area contributed by atoms with E-state index >= 15 is 4.39 Å². The highest BCUT2D eigenvalue weighted by Gasteiger charge is 2.56. The molecule has 2 saturated heterocycles. The van der Waals surface area contributed by atoms with Gasteiger partial charge < -0.3 is 26.0 Å². The van der Waals surface area contributed by atoms with Gasteiger partial charge in [0.05, 0.1) is 51.0 Å². The summed E-state index contributed by atoms with van der Waals surface area (Å²) >= 11 is 0. The SMILES string of the molecule is C=CCn1ncc2cc(F)c(Nc3ncc(N4CCC(NC(=O)CC)CC4)c(NC4(C5c6ccccc6C[C@@]5(C)O)CC[Si]4)n3)cc21. The molecule has 2 radical (unpaired) electrons. The zero-order valence-corrected chi connectivity index (χ0v) is 27.9. The molecule has 4 heterocycles. The molecular formula is C35H41FN8O2Si. The molecule has 0 spiro atoms.